The molecule has 33 heavy (non-hydrogen) atoms. The van der Waals surface area contributed by atoms with Crippen LogP contribution >= 0.6 is 0 Å². The lowest BCUT2D eigenvalue weighted by molar-refractivity contribution is 0.217. The first-order valence-corrected chi connectivity index (χ1v) is 12.3. The van der Waals surface area contributed by atoms with E-state index in [-0.39, 0.29) is 6.03 Å². The number of hydrogen-bond donors (Lipinski definition) is 1. The van der Waals surface area contributed by atoms with Crippen LogP contribution in [0.1, 0.15) is 60.8 Å². The molecule has 2 atom stereocenters. The van der Waals surface area contributed by atoms with E-state index in [0.717, 1.165) is 31.6 Å². The van der Waals surface area contributed by atoms with Gasteiger partial charge in [0.25, 0.3) is 0 Å². The van der Waals surface area contributed by atoms with Crippen molar-refractivity contribution >= 4 is 17.4 Å². The highest BCUT2D eigenvalue weighted by atomic mass is 16.2. The SMILES string of the molecule is CCN(CC)C(=O)Nc1cc2c3c(c1)C(c1ccccc1)CCN3CCC2c1ccccc1. The number of rotatable bonds is 5. The van der Waals surface area contributed by atoms with E-state index in [1.165, 1.54) is 27.9 Å². The predicted molar refractivity (Wildman–Crippen MR) is 136 cm³/mol. The summed E-state index contributed by atoms with van der Waals surface area (Å²) in [5, 5.41) is 3.22. The summed E-state index contributed by atoms with van der Waals surface area (Å²) in [6, 6.07) is 26.1. The van der Waals surface area contributed by atoms with Gasteiger partial charge in [0.1, 0.15) is 0 Å². The van der Waals surface area contributed by atoms with Gasteiger partial charge in [0.15, 0.2) is 0 Å². The molecule has 0 bridgehead atoms. The molecule has 0 aliphatic carbocycles. The van der Waals surface area contributed by atoms with Gasteiger partial charge in [0.2, 0.25) is 0 Å². The van der Waals surface area contributed by atoms with Gasteiger partial charge in [0, 0.05) is 49.4 Å². The average molecular weight is 440 g/mol. The van der Waals surface area contributed by atoms with Crippen LogP contribution in [-0.4, -0.2) is 37.1 Å². The van der Waals surface area contributed by atoms with Gasteiger partial charge in [-0.05, 0) is 61.1 Å². The number of amides is 2. The molecule has 0 saturated carbocycles. The van der Waals surface area contributed by atoms with Crippen LogP contribution in [0.4, 0.5) is 16.2 Å². The van der Waals surface area contributed by atoms with E-state index in [9.17, 15) is 4.79 Å². The molecule has 2 aliphatic heterocycles. The van der Waals surface area contributed by atoms with Gasteiger partial charge in [-0.3, -0.25) is 0 Å². The van der Waals surface area contributed by atoms with Crippen molar-refractivity contribution in [3.63, 3.8) is 0 Å². The van der Waals surface area contributed by atoms with E-state index in [4.69, 9.17) is 0 Å². The maximum atomic E-state index is 12.9. The molecule has 1 N–H and O–H groups in total. The molecule has 3 aromatic rings. The Morgan fingerprint density at radius 3 is 1.79 bits per heavy atom. The largest absolute Gasteiger partial charge is 0.371 e. The Morgan fingerprint density at radius 1 is 0.848 bits per heavy atom. The monoisotopic (exact) mass is 439 g/mol. The number of carbonyl (C=O) groups excluding carboxylic acids is 1. The summed E-state index contributed by atoms with van der Waals surface area (Å²) in [4.78, 5) is 17.3. The normalized spacial score (nSPS) is 19.0. The second-order valence-electron chi connectivity index (χ2n) is 9.10. The molecule has 4 heteroatoms. The number of anilines is 2. The zero-order chi connectivity index (χ0) is 22.8. The quantitative estimate of drug-likeness (QED) is 0.497. The van der Waals surface area contributed by atoms with E-state index in [1.54, 1.807) is 0 Å². The van der Waals surface area contributed by atoms with Crippen LogP contribution in [-0.2, 0) is 0 Å². The number of nitrogens with one attached hydrogen (secondary N) is 1. The summed E-state index contributed by atoms with van der Waals surface area (Å²) < 4.78 is 0. The fourth-order valence-electron chi connectivity index (χ4n) is 5.64. The molecule has 0 spiro atoms. The molecule has 2 aliphatic rings. The van der Waals surface area contributed by atoms with Crippen LogP contribution in [0.3, 0.4) is 0 Å². The lowest BCUT2D eigenvalue weighted by Crippen LogP contribution is -2.38. The Labute approximate surface area is 197 Å². The maximum Gasteiger partial charge on any atom is 0.321 e. The van der Waals surface area contributed by atoms with Gasteiger partial charge >= 0.3 is 6.03 Å². The number of carbonyl (C=O) groups is 1. The minimum absolute atomic E-state index is 0.0249. The fraction of sp³-hybridized carbons (Fsp3) is 0.345. The molecule has 170 valence electrons. The number of benzene rings is 3. The molecule has 0 aromatic heterocycles. The smallest absolute Gasteiger partial charge is 0.321 e. The average Bonchev–Trinajstić information content (AvgIpc) is 2.86. The third-order valence-corrected chi connectivity index (χ3v) is 7.32. The summed E-state index contributed by atoms with van der Waals surface area (Å²) in [7, 11) is 0. The Kier molecular flexibility index (Phi) is 6.08. The second-order valence-corrected chi connectivity index (χ2v) is 9.10. The lowest BCUT2D eigenvalue weighted by Gasteiger charge is -2.43. The van der Waals surface area contributed by atoms with Crippen molar-refractivity contribution in [2.45, 2.75) is 38.5 Å². The summed E-state index contributed by atoms with van der Waals surface area (Å²) >= 11 is 0. The molecular formula is C29H33N3O. The fourth-order valence-corrected chi connectivity index (χ4v) is 5.64. The third kappa shape index (κ3) is 4.10. The van der Waals surface area contributed by atoms with Crippen LogP contribution < -0.4 is 10.2 Å². The van der Waals surface area contributed by atoms with E-state index in [1.807, 2.05) is 18.7 Å². The minimum atomic E-state index is -0.0249. The Morgan fingerprint density at radius 2 is 1.33 bits per heavy atom. The summed E-state index contributed by atoms with van der Waals surface area (Å²) in [5.74, 6) is 0.687. The van der Waals surface area contributed by atoms with Gasteiger partial charge in [-0.15, -0.1) is 0 Å². The molecule has 5 rings (SSSR count). The van der Waals surface area contributed by atoms with Crippen molar-refractivity contribution in [3.8, 4) is 0 Å². The molecule has 4 nitrogen and oxygen atoms in total. The highest BCUT2D eigenvalue weighted by Crippen LogP contribution is 2.49. The van der Waals surface area contributed by atoms with Gasteiger partial charge < -0.3 is 15.1 Å². The van der Waals surface area contributed by atoms with Crippen LogP contribution in [0.25, 0.3) is 0 Å². The number of urea groups is 1. The molecule has 0 radical (unpaired) electrons. The number of nitrogens with zero attached hydrogens (tertiary/aromatic N) is 2. The van der Waals surface area contributed by atoms with Gasteiger partial charge in [-0.25, -0.2) is 4.79 Å². The molecule has 0 fully saturated rings. The zero-order valence-corrected chi connectivity index (χ0v) is 19.6. The maximum absolute atomic E-state index is 12.9. The zero-order valence-electron chi connectivity index (χ0n) is 19.6. The Balaban J connectivity index is 1.64. The molecule has 2 unspecified atom stereocenters. The molecule has 2 heterocycles. The van der Waals surface area contributed by atoms with E-state index >= 15 is 0 Å². The first kappa shape index (κ1) is 21.6. The second kappa shape index (κ2) is 9.30. The van der Waals surface area contributed by atoms with Crippen LogP contribution in [0.15, 0.2) is 72.8 Å². The lowest BCUT2D eigenvalue weighted by atomic mass is 9.76. The molecule has 2 amide bonds. The van der Waals surface area contributed by atoms with E-state index in [2.05, 4.69) is 83.0 Å². The topological polar surface area (TPSA) is 35.6 Å². The highest BCUT2D eigenvalue weighted by molar-refractivity contribution is 5.90. The van der Waals surface area contributed by atoms with Crippen LogP contribution in [0, 0.1) is 0 Å². The van der Waals surface area contributed by atoms with Crippen molar-refractivity contribution in [1.29, 1.82) is 0 Å². The third-order valence-electron chi connectivity index (χ3n) is 7.32. The summed E-state index contributed by atoms with van der Waals surface area (Å²) in [5.41, 5.74) is 7.70. The standard InChI is InChI=1S/C29H33N3O/c1-3-31(4-2)29(33)30-23-19-26-24(21-11-7-5-8-12-21)15-17-32-18-16-25(27(20-23)28(26)32)22-13-9-6-10-14-22/h5-14,19-20,24-25H,3-4,15-18H2,1-2H3,(H,30,33). The van der Waals surface area contributed by atoms with Crippen LogP contribution in [0.5, 0.6) is 0 Å². The first-order valence-electron chi connectivity index (χ1n) is 12.3. The Bertz CT molecular complexity index is 1040. The van der Waals surface area contributed by atoms with Crippen molar-refractivity contribution in [3.05, 3.63) is 95.1 Å². The predicted octanol–water partition coefficient (Wildman–Crippen LogP) is 6.44. The number of hydrogen-bond acceptors (Lipinski definition) is 2. The summed E-state index contributed by atoms with van der Waals surface area (Å²) in [6.45, 7) is 7.60. The van der Waals surface area contributed by atoms with Crippen molar-refractivity contribution in [1.82, 2.24) is 4.90 Å². The molecular weight excluding hydrogens is 406 g/mol. The first-order chi connectivity index (χ1) is 16.2. The minimum Gasteiger partial charge on any atom is -0.371 e. The van der Waals surface area contributed by atoms with Gasteiger partial charge in [-0.1, -0.05) is 60.7 Å². The molecule has 3 aromatic carbocycles. The van der Waals surface area contributed by atoms with E-state index in [0.29, 0.717) is 24.9 Å². The summed E-state index contributed by atoms with van der Waals surface area (Å²) in [6.07, 6.45) is 2.19. The molecule has 0 saturated heterocycles. The highest BCUT2D eigenvalue weighted by Gasteiger charge is 2.35. The Hall–Kier alpha value is -3.27. The van der Waals surface area contributed by atoms with Crippen molar-refractivity contribution in [2.24, 2.45) is 0 Å². The van der Waals surface area contributed by atoms with Crippen LogP contribution in [0.2, 0.25) is 0 Å². The van der Waals surface area contributed by atoms with Gasteiger partial charge in [0.05, 0.1) is 0 Å². The van der Waals surface area contributed by atoms with Crippen molar-refractivity contribution in [2.75, 3.05) is 36.4 Å². The van der Waals surface area contributed by atoms with E-state index < -0.39 is 0 Å². The van der Waals surface area contributed by atoms with Gasteiger partial charge in [-0.2, -0.15) is 0 Å². The van der Waals surface area contributed by atoms with Crippen molar-refractivity contribution < 1.29 is 4.79 Å².